The highest BCUT2D eigenvalue weighted by Gasteiger charge is 2.45. The molecule has 2 aliphatic rings. The molecular formula is C26H29ClN4S. The summed E-state index contributed by atoms with van der Waals surface area (Å²) in [6.45, 7) is 6.66. The van der Waals surface area contributed by atoms with Crippen LogP contribution in [0, 0.1) is 20.8 Å². The zero-order valence-corrected chi connectivity index (χ0v) is 20.4. The first-order valence-electron chi connectivity index (χ1n) is 11.4. The Bertz CT molecular complexity index is 1150. The van der Waals surface area contributed by atoms with Crippen LogP contribution in [-0.4, -0.2) is 25.6 Å². The normalized spacial score (nSPS) is 21.4. The van der Waals surface area contributed by atoms with Crippen molar-refractivity contribution in [1.82, 2.24) is 19.8 Å². The molecule has 1 aromatic carbocycles. The van der Waals surface area contributed by atoms with Crippen LogP contribution in [0.4, 0.5) is 0 Å². The summed E-state index contributed by atoms with van der Waals surface area (Å²) < 4.78 is 2.33. The average Bonchev–Trinajstić information content (AvgIpc) is 3.47. The van der Waals surface area contributed by atoms with Gasteiger partial charge in [0.05, 0.1) is 17.8 Å². The predicted octanol–water partition coefficient (Wildman–Crippen LogP) is 6.37. The largest absolute Gasteiger partial charge is 0.352 e. The standard InChI is InChI=1S/C26H29ClN4S/c1-16-17(2)30(21-12-8-9-19(27)15-21)18(3)23(16)25-24(22-13-6-7-14-28-22)29-26(32)31(25)20-10-4-5-11-20/h6-9,12-15,20,24-25H,4-5,10-11H2,1-3H3,(H,29,32)/t24-,25+/m0/s1. The summed E-state index contributed by atoms with van der Waals surface area (Å²) in [7, 11) is 0. The monoisotopic (exact) mass is 464 g/mol. The van der Waals surface area contributed by atoms with Crippen LogP contribution in [0.15, 0.2) is 48.7 Å². The van der Waals surface area contributed by atoms with Crippen LogP contribution in [0.2, 0.25) is 5.02 Å². The highest BCUT2D eigenvalue weighted by atomic mass is 35.5. The van der Waals surface area contributed by atoms with E-state index in [4.69, 9.17) is 28.8 Å². The lowest BCUT2D eigenvalue weighted by molar-refractivity contribution is 0.244. The van der Waals surface area contributed by atoms with Gasteiger partial charge in [0.15, 0.2) is 5.11 Å². The number of aromatic nitrogens is 2. The van der Waals surface area contributed by atoms with E-state index in [0.29, 0.717) is 6.04 Å². The predicted molar refractivity (Wildman–Crippen MR) is 135 cm³/mol. The number of benzene rings is 1. The number of halogens is 1. The Balaban J connectivity index is 1.68. The van der Waals surface area contributed by atoms with Crippen molar-refractivity contribution < 1.29 is 0 Å². The zero-order chi connectivity index (χ0) is 22.4. The van der Waals surface area contributed by atoms with Crippen LogP contribution < -0.4 is 5.32 Å². The Morgan fingerprint density at radius 3 is 2.50 bits per heavy atom. The molecule has 0 radical (unpaired) electrons. The van der Waals surface area contributed by atoms with E-state index in [1.807, 2.05) is 30.5 Å². The number of pyridine rings is 1. The number of hydrogen-bond acceptors (Lipinski definition) is 2. The van der Waals surface area contributed by atoms with Gasteiger partial charge in [-0.3, -0.25) is 4.98 Å². The lowest BCUT2D eigenvalue weighted by Gasteiger charge is -2.33. The van der Waals surface area contributed by atoms with Crippen LogP contribution in [0.3, 0.4) is 0 Å². The topological polar surface area (TPSA) is 33.1 Å². The summed E-state index contributed by atoms with van der Waals surface area (Å²) in [5.41, 5.74) is 7.26. The van der Waals surface area contributed by atoms with Crippen LogP contribution in [-0.2, 0) is 0 Å². The van der Waals surface area contributed by atoms with Crippen molar-refractivity contribution >= 4 is 28.9 Å². The van der Waals surface area contributed by atoms with Crippen molar-refractivity contribution in [3.63, 3.8) is 0 Å². The molecule has 2 aromatic heterocycles. The second-order valence-electron chi connectivity index (χ2n) is 9.00. The van der Waals surface area contributed by atoms with Crippen LogP contribution in [0.25, 0.3) is 5.69 Å². The summed E-state index contributed by atoms with van der Waals surface area (Å²) in [6, 6.07) is 14.8. The molecular weight excluding hydrogens is 436 g/mol. The summed E-state index contributed by atoms with van der Waals surface area (Å²) in [5.74, 6) is 0. The molecule has 32 heavy (non-hydrogen) atoms. The third-order valence-corrected chi connectivity index (χ3v) is 7.79. The maximum absolute atomic E-state index is 6.35. The Morgan fingerprint density at radius 1 is 1.03 bits per heavy atom. The van der Waals surface area contributed by atoms with Gasteiger partial charge in [0.25, 0.3) is 0 Å². The lowest BCUT2D eigenvalue weighted by Crippen LogP contribution is -2.38. The fourth-order valence-corrected chi connectivity index (χ4v) is 6.27. The van der Waals surface area contributed by atoms with Crippen molar-refractivity contribution in [1.29, 1.82) is 0 Å². The fourth-order valence-electron chi connectivity index (χ4n) is 5.69. The Hall–Kier alpha value is -2.37. The minimum atomic E-state index is 0.0244. The molecule has 1 N–H and O–H groups in total. The molecule has 0 unspecified atom stereocenters. The van der Waals surface area contributed by atoms with Gasteiger partial charge in [-0.25, -0.2) is 0 Å². The molecule has 0 amide bonds. The molecule has 0 spiro atoms. The first kappa shape index (κ1) is 21.5. The van der Waals surface area contributed by atoms with Gasteiger partial charge in [-0.1, -0.05) is 36.6 Å². The molecule has 3 heterocycles. The maximum Gasteiger partial charge on any atom is 0.170 e. The van der Waals surface area contributed by atoms with E-state index in [1.54, 1.807) is 0 Å². The van der Waals surface area contributed by atoms with Gasteiger partial charge in [0, 0.05) is 39.9 Å². The number of nitrogens with zero attached hydrogens (tertiary/aromatic N) is 3. The Labute approximate surface area is 200 Å². The van der Waals surface area contributed by atoms with Gasteiger partial charge in [0.2, 0.25) is 0 Å². The number of thiocarbonyl (C=S) groups is 1. The van der Waals surface area contributed by atoms with E-state index in [1.165, 1.54) is 48.2 Å². The van der Waals surface area contributed by atoms with Crippen LogP contribution in [0.1, 0.15) is 66.0 Å². The van der Waals surface area contributed by atoms with Gasteiger partial charge >= 0.3 is 0 Å². The van der Waals surface area contributed by atoms with Crippen molar-refractivity contribution in [2.24, 2.45) is 0 Å². The highest BCUT2D eigenvalue weighted by molar-refractivity contribution is 7.80. The number of rotatable bonds is 4. The van der Waals surface area contributed by atoms with Crippen molar-refractivity contribution in [3.8, 4) is 5.69 Å². The fraction of sp³-hybridized carbons (Fsp3) is 0.385. The molecule has 4 nitrogen and oxygen atoms in total. The molecule has 6 heteroatoms. The molecule has 166 valence electrons. The van der Waals surface area contributed by atoms with Gasteiger partial charge < -0.3 is 14.8 Å². The molecule has 1 aliphatic carbocycles. The van der Waals surface area contributed by atoms with Gasteiger partial charge in [-0.05, 0) is 81.7 Å². The second-order valence-corrected chi connectivity index (χ2v) is 9.82. The molecule has 3 aromatic rings. The first-order valence-corrected chi connectivity index (χ1v) is 12.2. The molecule has 1 saturated heterocycles. The summed E-state index contributed by atoms with van der Waals surface area (Å²) in [6.07, 6.45) is 6.80. The summed E-state index contributed by atoms with van der Waals surface area (Å²) >= 11 is 12.3. The molecule has 1 aliphatic heterocycles. The minimum Gasteiger partial charge on any atom is -0.352 e. The molecule has 1 saturated carbocycles. The molecule has 5 rings (SSSR count). The molecule has 2 atom stereocenters. The van der Waals surface area contributed by atoms with E-state index in [0.717, 1.165) is 21.5 Å². The maximum atomic E-state index is 6.35. The number of hydrogen-bond donors (Lipinski definition) is 1. The van der Waals surface area contributed by atoms with Gasteiger partial charge in [0.1, 0.15) is 0 Å². The summed E-state index contributed by atoms with van der Waals surface area (Å²) in [5, 5.41) is 5.24. The van der Waals surface area contributed by atoms with E-state index in [2.05, 4.69) is 53.8 Å². The molecule has 2 fully saturated rings. The van der Waals surface area contributed by atoms with Gasteiger partial charge in [-0.2, -0.15) is 0 Å². The van der Waals surface area contributed by atoms with E-state index in [9.17, 15) is 0 Å². The third kappa shape index (κ3) is 3.52. The second kappa shape index (κ2) is 8.53. The lowest BCUT2D eigenvalue weighted by atomic mass is 9.92. The van der Waals surface area contributed by atoms with Crippen molar-refractivity contribution in [2.75, 3.05) is 0 Å². The van der Waals surface area contributed by atoms with Crippen LogP contribution in [0.5, 0.6) is 0 Å². The SMILES string of the molecule is Cc1c([C@@H]2[C@H](c3ccccn3)NC(=S)N2C2CCCC2)c(C)n(-c2cccc(Cl)c2)c1C. The van der Waals surface area contributed by atoms with E-state index in [-0.39, 0.29) is 12.1 Å². The van der Waals surface area contributed by atoms with E-state index < -0.39 is 0 Å². The average molecular weight is 465 g/mol. The Morgan fingerprint density at radius 2 is 1.81 bits per heavy atom. The van der Waals surface area contributed by atoms with Crippen molar-refractivity contribution in [3.05, 3.63) is 81.9 Å². The molecule has 0 bridgehead atoms. The smallest absolute Gasteiger partial charge is 0.170 e. The Kier molecular flexibility index (Phi) is 5.72. The quantitative estimate of drug-likeness (QED) is 0.455. The summed E-state index contributed by atoms with van der Waals surface area (Å²) in [4.78, 5) is 7.20. The highest BCUT2D eigenvalue weighted by Crippen LogP contribution is 2.46. The first-order chi connectivity index (χ1) is 15.5. The van der Waals surface area contributed by atoms with Crippen molar-refractivity contribution in [2.45, 2.75) is 64.6 Å². The number of nitrogens with one attached hydrogen (secondary N) is 1. The minimum absolute atomic E-state index is 0.0244. The van der Waals surface area contributed by atoms with Gasteiger partial charge in [-0.15, -0.1) is 0 Å². The third-order valence-electron chi connectivity index (χ3n) is 7.22. The zero-order valence-electron chi connectivity index (χ0n) is 18.8. The van der Waals surface area contributed by atoms with Crippen LogP contribution >= 0.6 is 23.8 Å². The van der Waals surface area contributed by atoms with E-state index >= 15 is 0 Å².